The molecule has 1 atom stereocenters. The van der Waals surface area contributed by atoms with Gasteiger partial charge in [0.05, 0.1) is 12.6 Å². The molecule has 3 rings (SSSR count). The summed E-state index contributed by atoms with van der Waals surface area (Å²) >= 11 is 1.78. The lowest BCUT2D eigenvalue weighted by atomic mass is 9.85. The largest absolute Gasteiger partial charge is 0.333 e. The minimum atomic E-state index is -0.0836. The average molecular weight is 483 g/mol. The standard InChI is InChI=1S/C29H42N2O2S/c1-6-8-10-11-26(32)30(18-9-7-2)21-27(33)31-19-16-25-24(17-20-34-25)28(31)22-12-14-23(15-13-22)29(3,4)5/h12-15,17,20,28H,6-11,16,18-19,21H2,1-5H3. The second-order valence-corrected chi connectivity index (χ2v) is 11.5. The van der Waals surface area contributed by atoms with Gasteiger partial charge in [-0.15, -0.1) is 11.3 Å². The van der Waals surface area contributed by atoms with Crippen molar-refractivity contribution in [3.63, 3.8) is 0 Å². The second-order valence-electron chi connectivity index (χ2n) is 10.5. The summed E-state index contributed by atoms with van der Waals surface area (Å²) in [6.07, 6.45) is 6.41. The minimum absolute atomic E-state index is 0.0571. The molecule has 2 heterocycles. The van der Waals surface area contributed by atoms with Crippen molar-refractivity contribution in [2.75, 3.05) is 19.6 Å². The van der Waals surface area contributed by atoms with Gasteiger partial charge in [-0.3, -0.25) is 9.59 Å². The van der Waals surface area contributed by atoms with E-state index < -0.39 is 0 Å². The van der Waals surface area contributed by atoms with Crippen molar-refractivity contribution < 1.29 is 9.59 Å². The van der Waals surface area contributed by atoms with E-state index in [1.807, 2.05) is 9.80 Å². The number of unbranched alkanes of at least 4 members (excludes halogenated alkanes) is 3. The molecule has 0 saturated carbocycles. The van der Waals surface area contributed by atoms with Crippen LogP contribution in [0.15, 0.2) is 35.7 Å². The number of fused-ring (bicyclic) bond motifs is 1. The molecule has 186 valence electrons. The third-order valence-electron chi connectivity index (χ3n) is 6.83. The zero-order valence-corrected chi connectivity index (χ0v) is 22.5. The number of benzene rings is 1. The minimum Gasteiger partial charge on any atom is -0.333 e. The number of hydrogen-bond acceptors (Lipinski definition) is 3. The molecule has 0 saturated heterocycles. The molecule has 1 aromatic heterocycles. The van der Waals surface area contributed by atoms with Crippen LogP contribution in [0.25, 0.3) is 0 Å². The number of thiophene rings is 1. The number of rotatable bonds is 10. The van der Waals surface area contributed by atoms with Gasteiger partial charge in [0.25, 0.3) is 0 Å². The Hall–Kier alpha value is -2.14. The van der Waals surface area contributed by atoms with Crippen LogP contribution in [-0.2, 0) is 21.4 Å². The highest BCUT2D eigenvalue weighted by atomic mass is 32.1. The van der Waals surface area contributed by atoms with E-state index in [0.29, 0.717) is 19.5 Å². The van der Waals surface area contributed by atoms with Gasteiger partial charge in [-0.2, -0.15) is 0 Å². The van der Waals surface area contributed by atoms with Gasteiger partial charge in [-0.05, 0) is 52.8 Å². The van der Waals surface area contributed by atoms with Gasteiger partial charge in [0.1, 0.15) is 0 Å². The van der Waals surface area contributed by atoms with E-state index in [0.717, 1.165) is 44.1 Å². The quantitative estimate of drug-likeness (QED) is 0.352. The van der Waals surface area contributed by atoms with Gasteiger partial charge in [0.2, 0.25) is 11.8 Å². The fourth-order valence-electron chi connectivity index (χ4n) is 4.69. The summed E-state index contributed by atoms with van der Waals surface area (Å²) in [6, 6.07) is 10.9. The molecule has 1 unspecified atom stereocenters. The Morgan fingerprint density at radius 2 is 1.74 bits per heavy atom. The van der Waals surface area contributed by atoms with Gasteiger partial charge < -0.3 is 9.80 Å². The van der Waals surface area contributed by atoms with Crippen LogP contribution in [0.1, 0.15) is 101 Å². The summed E-state index contributed by atoms with van der Waals surface area (Å²) in [4.78, 5) is 31.8. The number of nitrogens with zero attached hydrogens (tertiary/aromatic N) is 2. The molecule has 0 fully saturated rings. The van der Waals surface area contributed by atoms with Crippen molar-refractivity contribution in [2.45, 2.75) is 91.0 Å². The van der Waals surface area contributed by atoms with E-state index in [4.69, 9.17) is 0 Å². The van der Waals surface area contributed by atoms with E-state index in [9.17, 15) is 9.59 Å². The number of amides is 2. The Balaban J connectivity index is 1.83. The summed E-state index contributed by atoms with van der Waals surface area (Å²) in [6.45, 7) is 12.5. The molecule has 4 nitrogen and oxygen atoms in total. The highest BCUT2D eigenvalue weighted by molar-refractivity contribution is 7.10. The second kappa shape index (κ2) is 12.0. The van der Waals surface area contributed by atoms with Gasteiger partial charge in [-0.25, -0.2) is 0 Å². The fourth-order valence-corrected chi connectivity index (χ4v) is 5.59. The fraction of sp³-hybridized carbons (Fsp3) is 0.586. The molecule has 0 bridgehead atoms. The Morgan fingerprint density at radius 1 is 1.03 bits per heavy atom. The van der Waals surface area contributed by atoms with Crippen molar-refractivity contribution in [1.82, 2.24) is 9.80 Å². The van der Waals surface area contributed by atoms with Gasteiger partial charge >= 0.3 is 0 Å². The predicted molar refractivity (Wildman–Crippen MR) is 142 cm³/mol. The van der Waals surface area contributed by atoms with Crippen LogP contribution in [0.5, 0.6) is 0 Å². The van der Waals surface area contributed by atoms with E-state index in [1.54, 1.807) is 11.3 Å². The van der Waals surface area contributed by atoms with Crippen LogP contribution >= 0.6 is 11.3 Å². The molecule has 1 aliphatic rings. The predicted octanol–water partition coefficient (Wildman–Crippen LogP) is 6.73. The Kier molecular flexibility index (Phi) is 9.35. The SMILES string of the molecule is CCCCCC(=O)N(CCCC)CC(=O)N1CCc2sccc2C1c1ccc(C(C)(C)C)cc1. The summed E-state index contributed by atoms with van der Waals surface area (Å²) in [5, 5.41) is 2.14. The molecule has 1 aromatic carbocycles. The maximum Gasteiger partial charge on any atom is 0.242 e. The van der Waals surface area contributed by atoms with E-state index >= 15 is 0 Å². The van der Waals surface area contributed by atoms with Crippen LogP contribution in [0, 0.1) is 0 Å². The Labute approximate surface area is 210 Å². The van der Waals surface area contributed by atoms with Crippen LogP contribution in [0.2, 0.25) is 0 Å². The summed E-state index contributed by atoms with van der Waals surface area (Å²) in [7, 11) is 0. The summed E-state index contributed by atoms with van der Waals surface area (Å²) in [5.74, 6) is 0.177. The van der Waals surface area contributed by atoms with Crippen LogP contribution in [-0.4, -0.2) is 41.2 Å². The smallest absolute Gasteiger partial charge is 0.242 e. The molecule has 0 N–H and O–H groups in total. The summed E-state index contributed by atoms with van der Waals surface area (Å²) < 4.78 is 0. The zero-order chi connectivity index (χ0) is 24.7. The van der Waals surface area contributed by atoms with E-state index in [1.165, 1.54) is 16.0 Å². The van der Waals surface area contributed by atoms with Crippen LogP contribution < -0.4 is 0 Å². The maximum absolute atomic E-state index is 13.7. The summed E-state index contributed by atoms with van der Waals surface area (Å²) in [5.41, 5.74) is 3.77. The van der Waals surface area contributed by atoms with Gasteiger partial charge in [0.15, 0.2) is 0 Å². The monoisotopic (exact) mass is 482 g/mol. The molecule has 2 amide bonds. The molecule has 0 aliphatic carbocycles. The molecule has 2 aromatic rings. The highest BCUT2D eigenvalue weighted by Crippen LogP contribution is 2.38. The molecule has 1 aliphatic heterocycles. The van der Waals surface area contributed by atoms with Gasteiger partial charge in [-0.1, -0.05) is 78.1 Å². The highest BCUT2D eigenvalue weighted by Gasteiger charge is 2.34. The first kappa shape index (κ1) is 26.5. The maximum atomic E-state index is 13.7. The van der Waals surface area contributed by atoms with Crippen molar-refractivity contribution in [1.29, 1.82) is 0 Å². The van der Waals surface area contributed by atoms with E-state index in [-0.39, 0.29) is 29.8 Å². The normalized spacial score (nSPS) is 15.8. The lowest BCUT2D eigenvalue weighted by Gasteiger charge is -2.38. The Morgan fingerprint density at radius 3 is 2.38 bits per heavy atom. The number of carbonyl (C=O) groups excluding carboxylic acids is 2. The molecule has 5 heteroatoms. The van der Waals surface area contributed by atoms with Crippen molar-refractivity contribution in [3.05, 3.63) is 57.3 Å². The lowest BCUT2D eigenvalue weighted by Crippen LogP contribution is -2.47. The van der Waals surface area contributed by atoms with Crippen molar-refractivity contribution in [2.24, 2.45) is 0 Å². The number of carbonyl (C=O) groups is 2. The van der Waals surface area contributed by atoms with Crippen LogP contribution in [0.4, 0.5) is 0 Å². The van der Waals surface area contributed by atoms with E-state index in [2.05, 4.69) is 70.3 Å². The molecule has 0 spiro atoms. The molecular formula is C29H42N2O2S. The first-order valence-electron chi connectivity index (χ1n) is 13.0. The van der Waals surface area contributed by atoms with Crippen LogP contribution in [0.3, 0.4) is 0 Å². The zero-order valence-electron chi connectivity index (χ0n) is 21.7. The average Bonchev–Trinajstić information content (AvgIpc) is 3.29. The molecular weight excluding hydrogens is 440 g/mol. The third-order valence-corrected chi connectivity index (χ3v) is 7.83. The molecule has 0 radical (unpaired) electrons. The number of hydrogen-bond donors (Lipinski definition) is 0. The first-order valence-corrected chi connectivity index (χ1v) is 13.9. The topological polar surface area (TPSA) is 40.6 Å². The van der Waals surface area contributed by atoms with Crippen molar-refractivity contribution >= 4 is 23.2 Å². The Bertz CT molecular complexity index is 942. The molecule has 34 heavy (non-hydrogen) atoms. The lowest BCUT2D eigenvalue weighted by molar-refractivity contribution is -0.141. The van der Waals surface area contributed by atoms with Crippen molar-refractivity contribution in [3.8, 4) is 0 Å². The third kappa shape index (κ3) is 6.50. The first-order chi connectivity index (χ1) is 16.3. The van der Waals surface area contributed by atoms with Gasteiger partial charge in [0, 0.05) is 24.4 Å².